The number of ether oxygens (including phenoxy) is 3. The second kappa shape index (κ2) is 11.4. The van der Waals surface area contributed by atoms with Crippen molar-refractivity contribution in [2.24, 2.45) is 0 Å². The molecule has 27 heavy (non-hydrogen) atoms. The molecule has 1 heterocycles. The lowest BCUT2D eigenvalue weighted by atomic mass is 10.0. The lowest BCUT2D eigenvalue weighted by Gasteiger charge is -2.17. The zero-order valence-electron chi connectivity index (χ0n) is 15.9. The largest absolute Gasteiger partial charge is 0.494 e. The number of rotatable bonds is 7. The summed E-state index contributed by atoms with van der Waals surface area (Å²) < 4.78 is 15.7. The van der Waals surface area contributed by atoms with Gasteiger partial charge in [-0.2, -0.15) is 12.6 Å². The number of unbranched alkanes of at least 4 members (excludes halogenated alkanes) is 1. The predicted octanol–water partition coefficient (Wildman–Crippen LogP) is 4.36. The molecule has 0 radical (unpaired) electrons. The average molecular weight is 390 g/mol. The number of benzene rings is 2. The predicted molar refractivity (Wildman–Crippen MR) is 112 cm³/mol. The first kappa shape index (κ1) is 21.0. The summed E-state index contributed by atoms with van der Waals surface area (Å²) in [5.41, 5.74) is 2.08. The van der Waals surface area contributed by atoms with Crippen LogP contribution >= 0.6 is 12.6 Å². The van der Waals surface area contributed by atoms with Crippen molar-refractivity contribution in [2.75, 3.05) is 31.9 Å². The zero-order chi connectivity index (χ0) is 19.5. The molecule has 2 aromatic carbocycles. The van der Waals surface area contributed by atoms with Crippen molar-refractivity contribution in [2.45, 2.75) is 25.7 Å². The fourth-order valence-electron chi connectivity index (χ4n) is 2.64. The van der Waals surface area contributed by atoms with Gasteiger partial charge in [-0.3, -0.25) is 4.79 Å². The van der Waals surface area contributed by atoms with E-state index in [4.69, 9.17) is 14.2 Å². The van der Waals surface area contributed by atoms with E-state index in [2.05, 4.69) is 17.9 Å². The molecule has 6 heteroatoms. The van der Waals surface area contributed by atoms with Crippen LogP contribution < -0.4 is 19.5 Å². The third kappa shape index (κ3) is 6.71. The van der Waals surface area contributed by atoms with Gasteiger partial charge in [0, 0.05) is 12.1 Å². The number of nitrogens with one attached hydrogen (secondary N) is 1. The van der Waals surface area contributed by atoms with E-state index in [0.717, 1.165) is 60.1 Å². The fourth-order valence-corrected chi connectivity index (χ4v) is 2.86. The molecule has 0 unspecified atom stereocenters. The van der Waals surface area contributed by atoms with E-state index in [1.807, 2.05) is 42.5 Å². The van der Waals surface area contributed by atoms with Crippen LogP contribution in [0.4, 0.5) is 5.69 Å². The third-order valence-electron chi connectivity index (χ3n) is 4.08. The van der Waals surface area contributed by atoms with Crippen molar-refractivity contribution in [1.29, 1.82) is 0 Å². The smallest absolute Gasteiger partial charge is 0.224 e. The molecule has 5 nitrogen and oxygen atoms in total. The van der Waals surface area contributed by atoms with E-state index in [1.54, 1.807) is 14.2 Å². The molecule has 2 aromatic rings. The summed E-state index contributed by atoms with van der Waals surface area (Å²) in [6.45, 7) is 0.728. The molecule has 0 fully saturated rings. The molecule has 0 atom stereocenters. The molecule has 1 amide bonds. The van der Waals surface area contributed by atoms with Crippen LogP contribution in [0.2, 0.25) is 0 Å². The molecule has 0 saturated heterocycles. The summed E-state index contributed by atoms with van der Waals surface area (Å²) in [4.78, 5) is 11.2. The average Bonchev–Trinajstić information content (AvgIpc) is 2.71. The lowest BCUT2D eigenvalue weighted by Crippen LogP contribution is -2.18. The normalized spacial score (nSPS) is 12.2. The molecule has 0 aromatic heterocycles. The topological polar surface area (TPSA) is 56.8 Å². The Morgan fingerprint density at radius 1 is 1.00 bits per heavy atom. The van der Waals surface area contributed by atoms with E-state index < -0.39 is 0 Å². The molecule has 1 aliphatic heterocycles. The maximum Gasteiger partial charge on any atom is 0.224 e. The van der Waals surface area contributed by atoms with Gasteiger partial charge in [0.15, 0.2) is 11.5 Å². The Labute approximate surface area is 166 Å². The van der Waals surface area contributed by atoms with Gasteiger partial charge in [-0.05, 0) is 60.9 Å². The van der Waals surface area contributed by atoms with Crippen molar-refractivity contribution in [3.8, 4) is 17.2 Å². The molecule has 0 bridgehead atoms. The highest BCUT2D eigenvalue weighted by Crippen LogP contribution is 2.27. The quantitative estimate of drug-likeness (QED) is 0.546. The number of aryl methyl sites for hydroxylation is 1. The Kier molecular flexibility index (Phi) is 8.84. The van der Waals surface area contributed by atoms with Gasteiger partial charge in [-0.15, -0.1) is 0 Å². The maximum absolute atomic E-state index is 11.2. The first-order valence-corrected chi connectivity index (χ1v) is 9.64. The molecule has 0 spiro atoms. The maximum atomic E-state index is 11.2. The van der Waals surface area contributed by atoms with Gasteiger partial charge in [0.1, 0.15) is 5.75 Å². The van der Waals surface area contributed by atoms with Gasteiger partial charge in [0.05, 0.1) is 20.8 Å². The van der Waals surface area contributed by atoms with Gasteiger partial charge in [0.25, 0.3) is 0 Å². The van der Waals surface area contributed by atoms with Gasteiger partial charge < -0.3 is 19.5 Å². The van der Waals surface area contributed by atoms with Crippen molar-refractivity contribution in [1.82, 2.24) is 0 Å². The summed E-state index contributed by atoms with van der Waals surface area (Å²) in [7, 11) is 3.25. The number of thiol groups is 1. The number of methoxy groups -OCH3 is 2. The van der Waals surface area contributed by atoms with Crippen LogP contribution in [0.5, 0.6) is 17.2 Å². The van der Waals surface area contributed by atoms with E-state index in [0.29, 0.717) is 6.42 Å². The number of anilines is 1. The Bertz CT molecular complexity index is 713. The minimum atomic E-state index is 0.0972. The highest BCUT2D eigenvalue weighted by atomic mass is 32.1. The minimum Gasteiger partial charge on any atom is -0.494 e. The zero-order valence-corrected chi connectivity index (χ0v) is 16.8. The molecular weight excluding hydrogens is 362 g/mol. The number of carbonyl (C=O) groups excluding carboxylic acids is 1. The number of amides is 1. The second-order valence-corrected chi connectivity index (χ2v) is 6.45. The number of fused-ring (bicyclic) bond motifs is 1. The molecule has 1 N–H and O–H groups in total. The van der Waals surface area contributed by atoms with Gasteiger partial charge >= 0.3 is 0 Å². The van der Waals surface area contributed by atoms with Crippen molar-refractivity contribution >= 4 is 24.2 Å². The number of carbonyl (C=O) groups is 1. The van der Waals surface area contributed by atoms with E-state index in [9.17, 15) is 4.79 Å². The van der Waals surface area contributed by atoms with Crippen LogP contribution in [0.15, 0.2) is 42.5 Å². The van der Waals surface area contributed by atoms with Crippen LogP contribution in [0.1, 0.15) is 24.8 Å². The van der Waals surface area contributed by atoms with Gasteiger partial charge in [0.2, 0.25) is 5.91 Å². The number of hydrogen-bond donors (Lipinski definition) is 2. The minimum absolute atomic E-state index is 0.0972. The highest BCUT2D eigenvalue weighted by molar-refractivity contribution is 7.80. The number of hydrogen-bond acceptors (Lipinski definition) is 5. The Morgan fingerprint density at radius 3 is 2.33 bits per heavy atom. The van der Waals surface area contributed by atoms with Crippen LogP contribution in [-0.4, -0.2) is 32.5 Å². The SMILES string of the molecule is COc1ccccc1OC.O=C1CCc2cc(OCCCCS)ccc2N1. The second-order valence-electron chi connectivity index (χ2n) is 6.00. The Morgan fingerprint density at radius 2 is 1.70 bits per heavy atom. The van der Waals surface area contributed by atoms with Crippen molar-refractivity contribution < 1.29 is 19.0 Å². The van der Waals surface area contributed by atoms with Gasteiger partial charge in [-0.25, -0.2) is 0 Å². The van der Waals surface area contributed by atoms with Crippen molar-refractivity contribution in [3.63, 3.8) is 0 Å². The van der Waals surface area contributed by atoms with Crippen LogP contribution in [-0.2, 0) is 11.2 Å². The molecular formula is C21H27NO4S. The van der Waals surface area contributed by atoms with E-state index >= 15 is 0 Å². The summed E-state index contributed by atoms with van der Waals surface area (Å²) in [5.74, 6) is 3.42. The molecule has 0 saturated carbocycles. The Hall–Kier alpha value is -2.34. The molecule has 0 aliphatic carbocycles. The third-order valence-corrected chi connectivity index (χ3v) is 4.40. The van der Waals surface area contributed by atoms with E-state index in [-0.39, 0.29) is 5.91 Å². The summed E-state index contributed by atoms with van der Waals surface area (Å²) in [6.07, 6.45) is 3.46. The molecule has 146 valence electrons. The first-order chi connectivity index (χ1) is 13.2. The summed E-state index contributed by atoms with van der Waals surface area (Å²) in [5, 5.41) is 2.86. The van der Waals surface area contributed by atoms with Crippen molar-refractivity contribution in [3.05, 3.63) is 48.0 Å². The van der Waals surface area contributed by atoms with Crippen LogP contribution in [0.25, 0.3) is 0 Å². The van der Waals surface area contributed by atoms with Crippen LogP contribution in [0.3, 0.4) is 0 Å². The monoisotopic (exact) mass is 389 g/mol. The fraction of sp³-hybridized carbons (Fsp3) is 0.381. The lowest BCUT2D eigenvalue weighted by molar-refractivity contribution is -0.116. The molecule has 1 aliphatic rings. The molecule has 3 rings (SSSR count). The van der Waals surface area contributed by atoms with Gasteiger partial charge in [-0.1, -0.05) is 12.1 Å². The first-order valence-electron chi connectivity index (χ1n) is 9.01. The number of para-hydroxylation sites is 2. The Balaban J connectivity index is 0.000000223. The van der Waals surface area contributed by atoms with E-state index in [1.165, 1.54) is 0 Å². The standard InChI is InChI=1S/C13H17NO2S.C8H10O2/c15-13-6-3-10-9-11(4-5-12(10)14-13)16-7-1-2-8-17;1-9-7-5-3-4-6-8(7)10-2/h4-5,9,17H,1-3,6-8H2,(H,14,15);3-6H,1-2H3. The summed E-state index contributed by atoms with van der Waals surface area (Å²) >= 11 is 4.16. The van der Waals surface area contributed by atoms with Crippen LogP contribution in [0, 0.1) is 0 Å². The summed E-state index contributed by atoms with van der Waals surface area (Å²) in [6, 6.07) is 13.4. The highest BCUT2D eigenvalue weighted by Gasteiger charge is 2.14.